The summed E-state index contributed by atoms with van der Waals surface area (Å²) >= 11 is 1.50. The third-order valence-corrected chi connectivity index (χ3v) is 3.35. The third kappa shape index (κ3) is 1.95. The van der Waals surface area contributed by atoms with E-state index in [1.165, 1.54) is 11.3 Å². The van der Waals surface area contributed by atoms with Gasteiger partial charge in [0.1, 0.15) is 0 Å². The van der Waals surface area contributed by atoms with Crippen molar-refractivity contribution in [3.63, 3.8) is 0 Å². The number of carbonyl (C=O) groups excluding carboxylic acids is 1. The van der Waals surface area contributed by atoms with Crippen LogP contribution in [-0.2, 0) is 14.9 Å². The smallest absolute Gasteiger partial charge is 0.316 e. The molecule has 0 spiro atoms. The minimum atomic E-state index is -0.582. The summed E-state index contributed by atoms with van der Waals surface area (Å²) in [6, 6.07) is 0. The first-order chi connectivity index (χ1) is 6.50. The molecule has 0 atom stereocenters. The van der Waals surface area contributed by atoms with Crippen molar-refractivity contribution in [2.45, 2.75) is 33.1 Å². The second-order valence-electron chi connectivity index (χ2n) is 3.61. The molecule has 0 saturated carbocycles. The topological polar surface area (TPSA) is 39.2 Å². The molecule has 0 radical (unpaired) electrons. The predicted molar refractivity (Wildman–Crippen MR) is 56.5 cm³/mol. The average Bonchev–Trinajstić information content (AvgIpc) is 2.52. The molecule has 0 amide bonds. The van der Waals surface area contributed by atoms with Gasteiger partial charge in [0.25, 0.3) is 0 Å². The zero-order valence-electron chi connectivity index (χ0n) is 8.96. The van der Waals surface area contributed by atoms with Crippen LogP contribution in [0.4, 0.5) is 0 Å². The van der Waals surface area contributed by atoms with Crippen molar-refractivity contribution in [3.8, 4) is 0 Å². The minimum Gasteiger partial charge on any atom is -0.465 e. The van der Waals surface area contributed by atoms with Gasteiger partial charge in [-0.15, -0.1) is 11.3 Å². The molecule has 0 aliphatic carbocycles. The van der Waals surface area contributed by atoms with E-state index in [2.05, 4.69) is 4.98 Å². The molecule has 0 aliphatic rings. The van der Waals surface area contributed by atoms with Gasteiger partial charge < -0.3 is 4.74 Å². The van der Waals surface area contributed by atoms with Gasteiger partial charge in [0.15, 0.2) is 0 Å². The first-order valence-electron chi connectivity index (χ1n) is 4.58. The fourth-order valence-corrected chi connectivity index (χ4v) is 2.22. The van der Waals surface area contributed by atoms with Gasteiger partial charge in [-0.2, -0.15) is 0 Å². The van der Waals surface area contributed by atoms with Gasteiger partial charge in [-0.1, -0.05) is 0 Å². The van der Waals surface area contributed by atoms with E-state index in [-0.39, 0.29) is 5.97 Å². The van der Waals surface area contributed by atoms with E-state index in [0.29, 0.717) is 6.61 Å². The molecule has 1 aromatic heterocycles. The number of aryl methyl sites for hydroxylation is 1. The molecule has 1 heterocycles. The van der Waals surface area contributed by atoms with E-state index in [0.717, 1.165) is 10.6 Å². The first-order valence-corrected chi connectivity index (χ1v) is 5.46. The third-order valence-electron chi connectivity index (χ3n) is 2.10. The predicted octanol–water partition coefficient (Wildman–Crippen LogP) is 2.29. The highest BCUT2D eigenvalue weighted by Gasteiger charge is 2.34. The zero-order chi connectivity index (χ0) is 10.8. The van der Waals surface area contributed by atoms with E-state index >= 15 is 0 Å². The Balaban J connectivity index is 2.95. The summed E-state index contributed by atoms with van der Waals surface area (Å²) in [6.07, 6.45) is 0. The number of ether oxygens (including phenoxy) is 1. The van der Waals surface area contributed by atoms with Gasteiger partial charge in [-0.25, -0.2) is 4.98 Å². The fraction of sp³-hybridized carbons (Fsp3) is 0.600. The lowest BCUT2D eigenvalue weighted by molar-refractivity contribution is -0.148. The van der Waals surface area contributed by atoms with Gasteiger partial charge in [0.2, 0.25) is 0 Å². The summed E-state index contributed by atoms with van der Waals surface area (Å²) in [5.41, 5.74) is 2.08. The highest BCUT2D eigenvalue weighted by atomic mass is 32.1. The van der Waals surface area contributed by atoms with Crippen LogP contribution in [0.25, 0.3) is 0 Å². The molecule has 1 rings (SSSR count). The molecule has 0 aromatic carbocycles. The summed E-state index contributed by atoms with van der Waals surface area (Å²) in [7, 11) is 0. The summed E-state index contributed by atoms with van der Waals surface area (Å²) in [6.45, 7) is 7.87. The van der Waals surface area contributed by atoms with Crippen LogP contribution in [0.15, 0.2) is 5.51 Å². The molecule has 0 saturated heterocycles. The molecule has 3 nitrogen and oxygen atoms in total. The number of carbonyl (C=O) groups is 1. The van der Waals surface area contributed by atoms with Crippen molar-refractivity contribution in [1.82, 2.24) is 4.98 Å². The van der Waals surface area contributed by atoms with Crippen LogP contribution in [-0.4, -0.2) is 17.6 Å². The number of thiazole rings is 1. The first kappa shape index (κ1) is 11.2. The van der Waals surface area contributed by atoms with Crippen molar-refractivity contribution in [2.24, 2.45) is 0 Å². The summed E-state index contributed by atoms with van der Waals surface area (Å²) < 4.78 is 5.03. The minimum absolute atomic E-state index is 0.188. The lowest BCUT2D eigenvalue weighted by Crippen LogP contribution is -2.30. The Bertz CT molecular complexity index is 331. The van der Waals surface area contributed by atoms with Crippen LogP contribution in [0.1, 0.15) is 31.3 Å². The van der Waals surface area contributed by atoms with Gasteiger partial charge in [0, 0.05) is 4.88 Å². The van der Waals surface area contributed by atoms with Gasteiger partial charge in [-0.3, -0.25) is 4.79 Å². The highest BCUT2D eigenvalue weighted by Crippen LogP contribution is 2.30. The number of hydrogen-bond acceptors (Lipinski definition) is 4. The Labute approximate surface area is 88.1 Å². The van der Waals surface area contributed by atoms with Crippen molar-refractivity contribution < 1.29 is 9.53 Å². The van der Waals surface area contributed by atoms with E-state index in [1.54, 1.807) is 5.51 Å². The van der Waals surface area contributed by atoms with Crippen molar-refractivity contribution in [3.05, 3.63) is 16.1 Å². The van der Waals surface area contributed by atoms with E-state index in [4.69, 9.17) is 4.74 Å². The number of esters is 1. The molecule has 0 fully saturated rings. The average molecular weight is 213 g/mol. The van der Waals surface area contributed by atoms with Crippen molar-refractivity contribution >= 4 is 17.3 Å². The molecular weight excluding hydrogens is 198 g/mol. The molecule has 0 aliphatic heterocycles. The molecule has 0 N–H and O–H groups in total. The van der Waals surface area contributed by atoms with Crippen molar-refractivity contribution in [1.29, 1.82) is 0 Å². The zero-order valence-corrected chi connectivity index (χ0v) is 9.77. The Kier molecular flexibility index (Phi) is 3.26. The SMILES string of the molecule is CCOC(=O)C(C)(C)c1scnc1C. The molecule has 1 aromatic rings. The van der Waals surface area contributed by atoms with Crippen LogP contribution < -0.4 is 0 Å². The van der Waals surface area contributed by atoms with E-state index < -0.39 is 5.41 Å². The normalized spacial score (nSPS) is 11.4. The summed E-state index contributed by atoms with van der Waals surface area (Å²) in [4.78, 5) is 16.8. The van der Waals surface area contributed by atoms with E-state index in [1.807, 2.05) is 27.7 Å². The maximum Gasteiger partial charge on any atom is 0.316 e. The number of hydrogen-bond donors (Lipinski definition) is 0. The Morgan fingerprint density at radius 1 is 1.64 bits per heavy atom. The van der Waals surface area contributed by atoms with Crippen LogP contribution in [0.5, 0.6) is 0 Å². The maximum atomic E-state index is 11.7. The fourth-order valence-electron chi connectivity index (χ4n) is 1.31. The molecule has 0 bridgehead atoms. The van der Waals surface area contributed by atoms with E-state index in [9.17, 15) is 4.79 Å². The lowest BCUT2D eigenvalue weighted by atomic mass is 9.90. The summed E-state index contributed by atoms with van der Waals surface area (Å²) in [5.74, 6) is -0.188. The van der Waals surface area contributed by atoms with Gasteiger partial charge >= 0.3 is 5.97 Å². The maximum absolute atomic E-state index is 11.7. The lowest BCUT2D eigenvalue weighted by Gasteiger charge is -2.21. The summed E-state index contributed by atoms with van der Waals surface area (Å²) in [5, 5.41) is 0. The quantitative estimate of drug-likeness (QED) is 0.723. The second kappa shape index (κ2) is 4.09. The monoisotopic (exact) mass is 213 g/mol. The standard InChI is InChI=1S/C10H15NO2S/c1-5-13-9(12)10(3,4)8-7(2)11-6-14-8/h6H,5H2,1-4H3. The van der Waals surface area contributed by atoms with Gasteiger partial charge in [0.05, 0.1) is 23.2 Å². The number of aromatic nitrogens is 1. The molecular formula is C10H15NO2S. The molecule has 4 heteroatoms. The Morgan fingerprint density at radius 3 is 2.71 bits per heavy atom. The molecule has 14 heavy (non-hydrogen) atoms. The molecule has 0 unspecified atom stereocenters. The molecule has 78 valence electrons. The Morgan fingerprint density at radius 2 is 2.29 bits per heavy atom. The largest absolute Gasteiger partial charge is 0.465 e. The van der Waals surface area contributed by atoms with Crippen molar-refractivity contribution in [2.75, 3.05) is 6.61 Å². The second-order valence-corrected chi connectivity index (χ2v) is 4.47. The number of rotatable bonds is 3. The van der Waals surface area contributed by atoms with Crippen LogP contribution >= 0.6 is 11.3 Å². The van der Waals surface area contributed by atoms with Crippen LogP contribution in [0, 0.1) is 6.92 Å². The Hall–Kier alpha value is -0.900. The van der Waals surface area contributed by atoms with Gasteiger partial charge in [-0.05, 0) is 27.7 Å². The highest BCUT2D eigenvalue weighted by molar-refractivity contribution is 7.10. The van der Waals surface area contributed by atoms with Crippen LogP contribution in [0.2, 0.25) is 0 Å². The number of nitrogens with zero attached hydrogens (tertiary/aromatic N) is 1. The van der Waals surface area contributed by atoms with Crippen LogP contribution in [0.3, 0.4) is 0 Å².